The molecule has 1 saturated carbocycles. The van der Waals surface area contributed by atoms with E-state index >= 15 is 0 Å². The Labute approximate surface area is 129 Å². The Kier molecular flexibility index (Phi) is 3.78. The van der Waals surface area contributed by atoms with Gasteiger partial charge in [-0.1, -0.05) is 6.07 Å². The first kappa shape index (κ1) is 14.8. The lowest BCUT2D eigenvalue weighted by molar-refractivity contribution is 0.102. The lowest BCUT2D eigenvalue weighted by atomic mass is 10.1. The van der Waals surface area contributed by atoms with Gasteiger partial charge in [-0.3, -0.25) is 4.79 Å². The largest absolute Gasteiger partial charge is 0.468 e. The molecule has 1 aromatic carbocycles. The molecule has 0 unspecified atom stereocenters. The van der Waals surface area contributed by atoms with E-state index in [9.17, 15) is 9.00 Å². The van der Waals surface area contributed by atoms with Crippen LogP contribution in [0.25, 0.3) is 0 Å². The molecule has 1 fully saturated rings. The Balaban J connectivity index is 1.81. The van der Waals surface area contributed by atoms with Gasteiger partial charge in [-0.15, -0.1) is 0 Å². The summed E-state index contributed by atoms with van der Waals surface area (Å²) in [7, 11) is -2.23. The van der Waals surface area contributed by atoms with E-state index in [1.54, 1.807) is 49.1 Å². The summed E-state index contributed by atoms with van der Waals surface area (Å²) >= 11 is 0. The summed E-state index contributed by atoms with van der Waals surface area (Å²) in [5.41, 5.74) is 1.79. The fraction of sp³-hybridized carbons (Fsp3) is 0.312. The third-order valence-electron chi connectivity index (χ3n) is 3.32. The van der Waals surface area contributed by atoms with Gasteiger partial charge < -0.3 is 9.73 Å². The van der Waals surface area contributed by atoms with Crippen LogP contribution in [0.4, 0.5) is 11.4 Å². The summed E-state index contributed by atoms with van der Waals surface area (Å²) in [6.45, 7) is 0. The zero-order chi connectivity index (χ0) is 15.7. The molecular formula is C16H18N2O3S. The molecule has 0 bridgehead atoms. The minimum atomic E-state index is -2.23. The predicted molar refractivity (Wildman–Crippen MR) is 87.2 cm³/mol. The quantitative estimate of drug-likeness (QED) is 0.932. The van der Waals surface area contributed by atoms with E-state index in [-0.39, 0.29) is 5.91 Å². The lowest BCUT2D eigenvalue weighted by Crippen LogP contribution is -2.12. The van der Waals surface area contributed by atoms with Crippen molar-refractivity contribution in [2.45, 2.75) is 18.8 Å². The Morgan fingerprint density at radius 1 is 1.32 bits per heavy atom. The summed E-state index contributed by atoms with van der Waals surface area (Å²) < 4.78 is 21.3. The molecule has 0 radical (unpaired) electrons. The Morgan fingerprint density at radius 3 is 2.77 bits per heavy atom. The number of nitrogens with one attached hydrogen (secondary N) is 1. The molecular weight excluding hydrogens is 300 g/mol. The number of benzene rings is 1. The second-order valence-corrected chi connectivity index (χ2v) is 8.29. The number of nitrogens with zero attached hydrogens (tertiary/aromatic N) is 1. The maximum absolute atomic E-state index is 12.4. The van der Waals surface area contributed by atoms with Crippen LogP contribution in [-0.2, 0) is 9.73 Å². The molecule has 1 heterocycles. The van der Waals surface area contributed by atoms with Gasteiger partial charge in [0.1, 0.15) is 5.76 Å². The fourth-order valence-electron chi connectivity index (χ4n) is 2.26. The van der Waals surface area contributed by atoms with Crippen molar-refractivity contribution in [3.8, 4) is 0 Å². The van der Waals surface area contributed by atoms with E-state index in [4.69, 9.17) is 4.42 Å². The van der Waals surface area contributed by atoms with E-state index in [1.807, 2.05) is 0 Å². The summed E-state index contributed by atoms with van der Waals surface area (Å²) in [6.07, 6.45) is 6.85. The molecule has 6 heteroatoms. The topological polar surface area (TPSA) is 71.7 Å². The summed E-state index contributed by atoms with van der Waals surface area (Å²) in [4.78, 5) is 12.4. The van der Waals surface area contributed by atoms with Crippen molar-refractivity contribution in [3.63, 3.8) is 0 Å². The van der Waals surface area contributed by atoms with E-state index in [1.165, 1.54) is 0 Å². The van der Waals surface area contributed by atoms with Gasteiger partial charge in [-0.2, -0.15) is 4.36 Å². The second-order valence-electron chi connectivity index (χ2n) is 5.75. The smallest absolute Gasteiger partial charge is 0.259 e. The van der Waals surface area contributed by atoms with Gasteiger partial charge >= 0.3 is 0 Å². The molecule has 0 spiro atoms. The molecule has 116 valence electrons. The van der Waals surface area contributed by atoms with Crippen LogP contribution >= 0.6 is 0 Å². The summed E-state index contributed by atoms with van der Waals surface area (Å²) in [5.74, 6) is 0.951. The van der Waals surface area contributed by atoms with Crippen LogP contribution in [0.3, 0.4) is 0 Å². The van der Waals surface area contributed by atoms with Gasteiger partial charge in [0.15, 0.2) is 0 Å². The zero-order valence-corrected chi connectivity index (χ0v) is 13.4. The molecule has 1 aliphatic rings. The van der Waals surface area contributed by atoms with Gasteiger partial charge in [-0.25, -0.2) is 4.21 Å². The highest BCUT2D eigenvalue weighted by Crippen LogP contribution is 2.42. The highest BCUT2D eigenvalue weighted by Gasteiger charge is 2.31. The number of carbonyl (C=O) groups excluding carboxylic acids is 1. The molecule has 1 aromatic heterocycles. The SMILES string of the molecule is CS(C)(=O)=Nc1cccc(NC(=O)c2ccoc2C2CC2)c1. The van der Waals surface area contributed by atoms with Gasteiger partial charge in [0.05, 0.1) is 17.5 Å². The molecule has 5 nitrogen and oxygen atoms in total. The number of hydrogen-bond donors (Lipinski definition) is 1. The van der Waals surface area contributed by atoms with Crippen LogP contribution in [-0.4, -0.2) is 22.6 Å². The van der Waals surface area contributed by atoms with Crippen molar-refractivity contribution in [1.29, 1.82) is 0 Å². The van der Waals surface area contributed by atoms with E-state index in [0.717, 1.165) is 18.6 Å². The monoisotopic (exact) mass is 318 g/mol. The number of carbonyl (C=O) groups is 1. The molecule has 0 aliphatic heterocycles. The van der Waals surface area contributed by atoms with Crippen molar-refractivity contribution >= 4 is 27.0 Å². The van der Waals surface area contributed by atoms with Crippen LogP contribution in [0.5, 0.6) is 0 Å². The molecule has 22 heavy (non-hydrogen) atoms. The van der Waals surface area contributed by atoms with Crippen molar-refractivity contribution in [2.24, 2.45) is 4.36 Å². The minimum absolute atomic E-state index is 0.193. The van der Waals surface area contributed by atoms with Crippen LogP contribution < -0.4 is 5.32 Å². The number of rotatable bonds is 4. The van der Waals surface area contributed by atoms with Crippen LogP contribution in [0.2, 0.25) is 0 Å². The molecule has 1 amide bonds. The first-order chi connectivity index (χ1) is 10.4. The second kappa shape index (κ2) is 5.61. The maximum Gasteiger partial charge on any atom is 0.259 e. The van der Waals surface area contributed by atoms with E-state index in [0.29, 0.717) is 22.9 Å². The van der Waals surface area contributed by atoms with Crippen molar-refractivity contribution in [3.05, 3.63) is 47.9 Å². The van der Waals surface area contributed by atoms with Gasteiger partial charge in [-0.05, 0) is 37.1 Å². The van der Waals surface area contributed by atoms with Crippen molar-refractivity contribution < 1.29 is 13.4 Å². The molecule has 2 aromatic rings. The number of amides is 1. The normalized spacial score (nSPS) is 14.6. The fourth-order valence-corrected chi connectivity index (χ4v) is 2.88. The van der Waals surface area contributed by atoms with Crippen LogP contribution in [0.15, 0.2) is 45.4 Å². The van der Waals surface area contributed by atoms with Crippen molar-refractivity contribution in [2.75, 3.05) is 17.8 Å². The first-order valence-corrected chi connectivity index (χ1v) is 9.41. The highest BCUT2D eigenvalue weighted by molar-refractivity contribution is 7.92. The van der Waals surface area contributed by atoms with E-state index in [2.05, 4.69) is 9.68 Å². The Hall–Kier alpha value is -2.08. The third-order valence-corrected chi connectivity index (χ3v) is 3.97. The minimum Gasteiger partial charge on any atom is -0.468 e. The van der Waals surface area contributed by atoms with Crippen LogP contribution in [0, 0.1) is 0 Å². The summed E-state index contributed by atoms with van der Waals surface area (Å²) in [6, 6.07) is 8.72. The van der Waals surface area contributed by atoms with Crippen molar-refractivity contribution in [1.82, 2.24) is 0 Å². The van der Waals surface area contributed by atoms with Gasteiger partial charge in [0.25, 0.3) is 5.91 Å². The maximum atomic E-state index is 12.4. The standard InChI is InChI=1S/C16H18N2O3S/c1-22(2,20)18-13-5-3-4-12(10-13)17-16(19)14-8-9-21-15(14)11-6-7-11/h3-5,8-11H,6-7H2,1-2H3,(H,17,19). The predicted octanol–water partition coefficient (Wildman–Crippen LogP) is 3.77. The number of hydrogen-bond acceptors (Lipinski definition) is 4. The third kappa shape index (κ3) is 3.57. The average Bonchev–Trinajstić information content (AvgIpc) is 3.14. The Morgan fingerprint density at radius 2 is 2.09 bits per heavy atom. The highest BCUT2D eigenvalue weighted by atomic mass is 32.2. The molecule has 0 saturated heterocycles. The number of furan rings is 1. The first-order valence-electron chi connectivity index (χ1n) is 7.08. The van der Waals surface area contributed by atoms with E-state index < -0.39 is 9.73 Å². The lowest BCUT2D eigenvalue weighted by Gasteiger charge is -2.06. The molecule has 0 atom stereocenters. The van der Waals surface area contributed by atoms with Crippen LogP contribution in [0.1, 0.15) is 34.9 Å². The van der Waals surface area contributed by atoms with Gasteiger partial charge in [0.2, 0.25) is 0 Å². The summed E-state index contributed by atoms with van der Waals surface area (Å²) in [5, 5.41) is 2.84. The molecule has 1 aliphatic carbocycles. The molecule has 1 N–H and O–H groups in total. The zero-order valence-electron chi connectivity index (χ0n) is 12.5. The average molecular weight is 318 g/mol. The molecule has 3 rings (SSSR count). The van der Waals surface area contributed by atoms with Gasteiger partial charge in [0, 0.05) is 33.8 Å². The number of anilines is 1. The Bertz CT molecular complexity index is 819.